The van der Waals surface area contributed by atoms with E-state index in [9.17, 15) is 13.7 Å². The molecule has 0 saturated heterocycles. The minimum absolute atomic E-state index is 0.0364. The van der Waals surface area contributed by atoms with Gasteiger partial charge >= 0.3 is 10.1 Å². The molecule has 0 bridgehead atoms. The molecule has 2 unspecified atom stereocenters. The fourth-order valence-corrected chi connectivity index (χ4v) is 4.74. The SMILES string of the molecule is CCCCCCCCS(=O)(=O)O/N=C1\SC=C\C1=C(\C#N)C1C=CC=CC1C. The first-order valence-corrected chi connectivity index (χ1v) is 12.3. The van der Waals surface area contributed by atoms with Gasteiger partial charge in [-0.05, 0) is 23.8 Å². The van der Waals surface area contributed by atoms with Gasteiger partial charge in [0.1, 0.15) is 5.04 Å². The van der Waals surface area contributed by atoms with Gasteiger partial charge < -0.3 is 0 Å². The van der Waals surface area contributed by atoms with Crippen molar-refractivity contribution < 1.29 is 12.7 Å². The third kappa shape index (κ3) is 6.68. The average molecular weight is 421 g/mol. The predicted molar refractivity (Wildman–Crippen MR) is 116 cm³/mol. The zero-order chi connectivity index (χ0) is 20.4. The summed E-state index contributed by atoms with van der Waals surface area (Å²) in [6, 6.07) is 2.27. The topological polar surface area (TPSA) is 79.5 Å². The fraction of sp³-hybridized carbons (Fsp3) is 0.524. The highest BCUT2D eigenvalue weighted by Gasteiger charge is 2.26. The molecule has 2 aliphatic rings. The first-order valence-electron chi connectivity index (χ1n) is 9.80. The maximum Gasteiger partial charge on any atom is 0.328 e. The number of hydrogen-bond acceptors (Lipinski definition) is 6. The van der Waals surface area contributed by atoms with Crippen LogP contribution in [-0.2, 0) is 14.4 Å². The number of nitrogens with zero attached hydrogens (tertiary/aromatic N) is 2. The zero-order valence-corrected chi connectivity index (χ0v) is 18.1. The largest absolute Gasteiger partial charge is 0.328 e. The van der Waals surface area contributed by atoms with E-state index in [2.05, 4.69) is 18.1 Å². The van der Waals surface area contributed by atoms with Crippen molar-refractivity contribution in [3.05, 3.63) is 46.9 Å². The molecule has 2 rings (SSSR count). The van der Waals surface area contributed by atoms with Gasteiger partial charge in [0.15, 0.2) is 0 Å². The third-order valence-electron chi connectivity index (χ3n) is 4.78. The number of oxime groups is 1. The van der Waals surface area contributed by atoms with E-state index < -0.39 is 10.1 Å². The van der Waals surface area contributed by atoms with Crippen LogP contribution in [-0.4, -0.2) is 19.2 Å². The zero-order valence-electron chi connectivity index (χ0n) is 16.5. The molecule has 1 aliphatic carbocycles. The smallest absolute Gasteiger partial charge is 0.267 e. The van der Waals surface area contributed by atoms with Crippen molar-refractivity contribution in [2.24, 2.45) is 17.0 Å². The maximum atomic E-state index is 12.1. The van der Waals surface area contributed by atoms with Crippen molar-refractivity contribution >= 4 is 26.9 Å². The van der Waals surface area contributed by atoms with E-state index in [1.54, 1.807) is 11.5 Å². The normalized spacial score (nSPS) is 24.5. The van der Waals surface area contributed by atoms with Crippen LogP contribution in [0.1, 0.15) is 52.4 Å². The van der Waals surface area contributed by atoms with Gasteiger partial charge in [-0.15, -0.1) is 0 Å². The summed E-state index contributed by atoms with van der Waals surface area (Å²) < 4.78 is 29.1. The Labute approximate surface area is 173 Å². The van der Waals surface area contributed by atoms with E-state index in [0.29, 0.717) is 22.6 Å². The molecule has 1 heterocycles. The molecule has 152 valence electrons. The monoisotopic (exact) mass is 420 g/mol. The lowest BCUT2D eigenvalue weighted by Crippen LogP contribution is -2.14. The molecule has 0 saturated carbocycles. The molecule has 1 aliphatic heterocycles. The van der Waals surface area contributed by atoms with Gasteiger partial charge in [0.25, 0.3) is 0 Å². The van der Waals surface area contributed by atoms with E-state index in [-0.39, 0.29) is 17.6 Å². The van der Waals surface area contributed by atoms with E-state index in [1.165, 1.54) is 18.2 Å². The lowest BCUT2D eigenvalue weighted by molar-refractivity contribution is 0.339. The number of hydrogen-bond donors (Lipinski definition) is 0. The van der Waals surface area contributed by atoms with E-state index in [0.717, 1.165) is 25.7 Å². The van der Waals surface area contributed by atoms with Crippen LogP contribution in [0.2, 0.25) is 0 Å². The molecule has 2 atom stereocenters. The first-order chi connectivity index (χ1) is 13.5. The number of rotatable bonds is 10. The average Bonchev–Trinajstić information content (AvgIpc) is 3.13. The Morgan fingerprint density at radius 1 is 1.21 bits per heavy atom. The van der Waals surface area contributed by atoms with Gasteiger partial charge in [-0.3, -0.25) is 4.28 Å². The summed E-state index contributed by atoms with van der Waals surface area (Å²) in [7, 11) is -3.71. The van der Waals surface area contributed by atoms with Crippen molar-refractivity contribution in [2.45, 2.75) is 52.4 Å². The van der Waals surface area contributed by atoms with Crippen molar-refractivity contribution in [1.29, 1.82) is 5.26 Å². The van der Waals surface area contributed by atoms with Crippen LogP contribution in [0.5, 0.6) is 0 Å². The molecule has 0 aromatic rings. The van der Waals surface area contributed by atoms with Crippen LogP contribution in [0.15, 0.2) is 52.1 Å². The number of thioether (sulfide) groups is 1. The van der Waals surface area contributed by atoms with Crippen molar-refractivity contribution in [1.82, 2.24) is 0 Å². The second-order valence-corrected chi connectivity index (χ2v) is 9.58. The Morgan fingerprint density at radius 3 is 2.64 bits per heavy atom. The standard InChI is InChI=1S/C21H28N2O3S2/c1-3-4-5-6-7-10-15-28(24,25)26-23-21-19(13-14-27-21)20(16-22)18-12-9-8-11-17(18)2/h8-9,11-14,17-18H,3-7,10,15H2,1-2H3/b20-19+,23-21-. The molecule has 7 heteroatoms. The summed E-state index contributed by atoms with van der Waals surface area (Å²) in [6.07, 6.45) is 15.7. The molecule has 0 aromatic carbocycles. The van der Waals surface area contributed by atoms with Crippen LogP contribution in [0, 0.1) is 23.2 Å². The number of nitriles is 1. The summed E-state index contributed by atoms with van der Waals surface area (Å²) in [5, 5.41) is 15.8. The fourth-order valence-electron chi connectivity index (χ4n) is 3.16. The van der Waals surface area contributed by atoms with Gasteiger partial charge in [-0.25, -0.2) is 0 Å². The molecule has 0 N–H and O–H groups in total. The summed E-state index contributed by atoms with van der Waals surface area (Å²) in [6.45, 7) is 4.20. The highest BCUT2D eigenvalue weighted by atomic mass is 32.2. The molecule has 0 amide bonds. The van der Waals surface area contributed by atoms with E-state index in [1.807, 2.05) is 31.2 Å². The van der Waals surface area contributed by atoms with Crippen LogP contribution in [0.4, 0.5) is 0 Å². The molecule has 28 heavy (non-hydrogen) atoms. The van der Waals surface area contributed by atoms with Gasteiger partial charge in [0.2, 0.25) is 0 Å². The number of unbranched alkanes of at least 4 members (excludes halogenated alkanes) is 5. The molecule has 0 spiro atoms. The minimum atomic E-state index is -3.71. The van der Waals surface area contributed by atoms with E-state index in [4.69, 9.17) is 4.28 Å². The Morgan fingerprint density at radius 2 is 1.93 bits per heavy atom. The lowest BCUT2D eigenvalue weighted by Gasteiger charge is -2.20. The van der Waals surface area contributed by atoms with Gasteiger partial charge in [0, 0.05) is 17.1 Å². The van der Waals surface area contributed by atoms with Crippen LogP contribution < -0.4 is 0 Å². The first kappa shape index (κ1) is 22.5. The third-order valence-corrected chi connectivity index (χ3v) is 6.66. The quantitative estimate of drug-likeness (QED) is 0.266. The minimum Gasteiger partial charge on any atom is -0.267 e. The van der Waals surface area contributed by atoms with Crippen LogP contribution in [0.3, 0.4) is 0 Å². The second kappa shape index (κ2) is 11.3. The van der Waals surface area contributed by atoms with Gasteiger partial charge in [-0.1, -0.05) is 87.2 Å². The van der Waals surface area contributed by atoms with Crippen LogP contribution in [0.25, 0.3) is 0 Å². The molecular weight excluding hydrogens is 392 g/mol. The summed E-state index contributed by atoms with van der Waals surface area (Å²) >= 11 is 1.27. The Bertz CT molecular complexity index is 830. The highest BCUT2D eigenvalue weighted by Crippen LogP contribution is 2.34. The molecule has 0 aromatic heterocycles. The summed E-state index contributed by atoms with van der Waals surface area (Å²) in [4.78, 5) is 0. The number of allylic oxidation sites excluding steroid dienone is 6. The highest BCUT2D eigenvalue weighted by molar-refractivity contribution is 8.17. The maximum absolute atomic E-state index is 12.1. The molecule has 0 radical (unpaired) electrons. The molecular formula is C21H28N2O3S2. The Kier molecular flexibility index (Phi) is 9.07. The second-order valence-electron chi connectivity index (χ2n) is 7.01. The molecule has 5 nitrogen and oxygen atoms in total. The van der Waals surface area contributed by atoms with E-state index >= 15 is 0 Å². The molecule has 0 fully saturated rings. The Balaban J connectivity index is 2.01. The summed E-state index contributed by atoms with van der Waals surface area (Å²) in [5.41, 5.74) is 1.21. The van der Waals surface area contributed by atoms with Crippen molar-refractivity contribution in [3.8, 4) is 6.07 Å². The van der Waals surface area contributed by atoms with Crippen molar-refractivity contribution in [2.75, 3.05) is 5.75 Å². The van der Waals surface area contributed by atoms with Crippen molar-refractivity contribution in [3.63, 3.8) is 0 Å². The lowest BCUT2D eigenvalue weighted by atomic mass is 9.82. The Hall–Kier alpha value is -1.78. The van der Waals surface area contributed by atoms with Gasteiger partial charge in [0.05, 0.1) is 11.8 Å². The van der Waals surface area contributed by atoms with Gasteiger partial charge in [-0.2, -0.15) is 13.7 Å². The summed E-state index contributed by atoms with van der Waals surface area (Å²) in [5.74, 6) is 0.0914. The van der Waals surface area contributed by atoms with Crippen LogP contribution >= 0.6 is 11.8 Å². The predicted octanol–water partition coefficient (Wildman–Crippen LogP) is 5.47.